The lowest BCUT2D eigenvalue weighted by atomic mass is 10.1. The second-order valence-corrected chi connectivity index (χ2v) is 9.47. The van der Waals surface area contributed by atoms with Crippen LogP contribution in [-0.2, 0) is 4.74 Å². The van der Waals surface area contributed by atoms with Gasteiger partial charge in [0.15, 0.2) is 0 Å². The van der Waals surface area contributed by atoms with E-state index in [1.807, 2.05) is 45.0 Å². The van der Waals surface area contributed by atoms with E-state index in [0.29, 0.717) is 22.3 Å². The monoisotopic (exact) mass is 425 g/mol. The maximum atomic E-state index is 12.3. The summed E-state index contributed by atoms with van der Waals surface area (Å²) < 4.78 is 5.44. The number of esters is 1. The summed E-state index contributed by atoms with van der Waals surface area (Å²) in [6.45, 7) is 5.53. The lowest BCUT2D eigenvalue weighted by Crippen LogP contribution is -2.23. The summed E-state index contributed by atoms with van der Waals surface area (Å²) in [7, 11) is 0. The number of fused-ring (bicyclic) bond motifs is 1. The van der Waals surface area contributed by atoms with Crippen molar-refractivity contribution in [1.29, 1.82) is 0 Å². The molecule has 0 spiro atoms. The number of hydrogen-bond donors (Lipinski definition) is 3. The molecule has 6 heteroatoms. The molecule has 0 unspecified atom stereocenters. The lowest BCUT2D eigenvalue weighted by molar-refractivity contribution is 0.00696. The minimum absolute atomic E-state index is 0.382. The quantitative estimate of drug-likeness (QED) is 0.334. The summed E-state index contributed by atoms with van der Waals surface area (Å²) >= 11 is 6.37. The fraction of sp³-hybridized carbons (Fsp3) is 0.375. The largest absolute Gasteiger partial charge is 0.456 e. The van der Waals surface area contributed by atoms with E-state index in [-0.39, 0.29) is 5.97 Å². The minimum Gasteiger partial charge on any atom is -0.456 e. The molecule has 2 aromatic carbocycles. The summed E-state index contributed by atoms with van der Waals surface area (Å²) in [4.78, 5) is 15.8. The molecule has 1 heterocycles. The van der Waals surface area contributed by atoms with Gasteiger partial charge in [0.25, 0.3) is 0 Å². The molecule has 0 bridgehead atoms. The first-order valence-electron chi connectivity index (χ1n) is 10.4. The first-order chi connectivity index (χ1) is 14.2. The number of halogens is 1. The van der Waals surface area contributed by atoms with E-state index in [1.54, 1.807) is 12.1 Å². The van der Waals surface area contributed by atoms with Crippen molar-refractivity contribution < 1.29 is 9.53 Å². The van der Waals surface area contributed by atoms with Crippen LogP contribution in [0.5, 0.6) is 0 Å². The van der Waals surface area contributed by atoms with Crippen molar-refractivity contribution in [2.24, 2.45) is 0 Å². The summed E-state index contributed by atoms with van der Waals surface area (Å²) in [5, 5.41) is 5.36. The molecule has 0 atom stereocenters. The predicted octanol–water partition coefficient (Wildman–Crippen LogP) is 6.38. The highest BCUT2D eigenvalue weighted by atomic mass is 35.5. The van der Waals surface area contributed by atoms with E-state index in [9.17, 15) is 4.79 Å². The Hall–Kier alpha value is -2.66. The van der Waals surface area contributed by atoms with Crippen LogP contribution in [-0.4, -0.2) is 22.6 Å². The molecule has 30 heavy (non-hydrogen) atoms. The molecule has 1 aliphatic rings. The van der Waals surface area contributed by atoms with Crippen LogP contribution in [0.15, 0.2) is 36.4 Å². The van der Waals surface area contributed by atoms with Crippen LogP contribution < -0.4 is 11.1 Å². The topological polar surface area (TPSA) is 80.1 Å². The molecular formula is C24H28ClN3O2. The van der Waals surface area contributed by atoms with E-state index >= 15 is 0 Å². The molecule has 3 aromatic rings. The number of rotatable bonds is 4. The Kier molecular flexibility index (Phi) is 5.41. The number of benzene rings is 2. The average molecular weight is 426 g/mol. The minimum atomic E-state index is -0.552. The zero-order valence-electron chi connectivity index (χ0n) is 17.6. The van der Waals surface area contributed by atoms with Crippen molar-refractivity contribution in [2.45, 2.75) is 58.1 Å². The zero-order valence-corrected chi connectivity index (χ0v) is 18.4. The van der Waals surface area contributed by atoms with Crippen molar-refractivity contribution in [3.05, 3.63) is 47.0 Å². The Morgan fingerprint density at radius 3 is 2.57 bits per heavy atom. The molecule has 0 radical (unpaired) electrons. The Balaban J connectivity index is 1.67. The van der Waals surface area contributed by atoms with Gasteiger partial charge in [-0.05, 0) is 70.0 Å². The molecule has 1 fully saturated rings. The van der Waals surface area contributed by atoms with Crippen molar-refractivity contribution in [3.63, 3.8) is 0 Å². The number of anilines is 2. The number of nitrogens with one attached hydrogen (secondary N) is 2. The van der Waals surface area contributed by atoms with E-state index in [1.165, 1.54) is 25.7 Å². The Labute approximate surface area is 181 Å². The molecule has 1 saturated carbocycles. The highest BCUT2D eigenvalue weighted by Gasteiger charge is 2.20. The van der Waals surface area contributed by atoms with Gasteiger partial charge in [-0.15, -0.1) is 0 Å². The molecule has 1 aliphatic carbocycles. The van der Waals surface area contributed by atoms with Crippen molar-refractivity contribution in [3.8, 4) is 11.3 Å². The van der Waals surface area contributed by atoms with Crippen molar-refractivity contribution >= 4 is 39.8 Å². The van der Waals surface area contributed by atoms with Crippen molar-refractivity contribution in [1.82, 2.24) is 4.98 Å². The number of H-pyrrole nitrogens is 1. The maximum absolute atomic E-state index is 12.3. The van der Waals surface area contributed by atoms with E-state index in [2.05, 4.69) is 10.3 Å². The number of aromatic amines is 1. The second-order valence-electron chi connectivity index (χ2n) is 9.03. The van der Waals surface area contributed by atoms with Gasteiger partial charge in [-0.25, -0.2) is 4.79 Å². The molecule has 4 rings (SSSR count). The van der Waals surface area contributed by atoms with Crippen molar-refractivity contribution in [2.75, 3.05) is 11.1 Å². The molecule has 0 saturated heterocycles. The van der Waals surface area contributed by atoms with Gasteiger partial charge in [0, 0.05) is 33.4 Å². The fourth-order valence-electron chi connectivity index (χ4n) is 4.03. The smallest absolute Gasteiger partial charge is 0.338 e. The molecule has 4 N–H and O–H groups in total. The Morgan fingerprint density at radius 2 is 1.90 bits per heavy atom. The zero-order chi connectivity index (χ0) is 21.5. The molecule has 1 aromatic heterocycles. The molecule has 0 amide bonds. The number of ether oxygens (including phenoxy) is 1. The normalized spacial score (nSPS) is 14.9. The predicted molar refractivity (Wildman–Crippen MR) is 124 cm³/mol. The first-order valence-corrected chi connectivity index (χ1v) is 10.8. The third kappa shape index (κ3) is 4.41. The number of nitrogen functional groups attached to an aromatic ring is 1. The summed E-state index contributed by atoms with van der Waals surface area (Å²) in [5.41, 5.74) is 10.5. The number of hydrogen-bond acceptors (Lipinski definition) is 4. The number of carbonyl (C=O) groups is 1. The second kappa shape index (κ2) is 7.88. The van der Waals surface area contributed by atoms with Gasteiger partial charge in [-0.2, -0.15) is 0 Å². The van der Waals surface area contributed by atoms with Crippen LogP contribution in [0.3, 0.4) is 0 Å². The molecule has 5 nitrogen and oxygen atoms in total. The van der Waals surface area contributed by atoms with Crippen LogP contribution in [0.2, 0.25) is 5.02 Å². The standard InChI is InChI=1S/C24H28ClN3O2/c1-24(2,3)30-23(29)14-8-9-18(19(26)11-14)20-12-15-10-16(25)13-21(22(15)28-20)27-17-6-4-5-7-17/h8-13,17,27-28H,4-7,26H2,1-3H3. The van der Waals surface area contributed by atoms with Gasteiger partial charge in [-0.3, -0.25) is 0 Å². The van der Waals surface area contributed by atoms with Gasteiger partial charge in [-0.1, -0.05) is 24.4 Å². The van der Waals surface area contributed by atoms with Crippen LogP contribution >= 0.6 is 11.6 Å². The average Bonchev–Trinajstić information content (AvgIpc) is 3.29. The highest BCUT2D eigenvalue weighted by Crippen LogP contribution is 2.35. The van der Waals surface area contributed by atoms with Crippen LogP contribution in [0.4, 0.5) is 11.4 Å². The lowest BCUT2D eigenvalue weighted by Gasteiger charge is -2.19. The van der Waals surface area contributed by atoms with Crippen LogP contribution in [0.25, 0.3) is 22.2 Å². The van der Waals surface area contributed by atoms with Gasteiger partial charge in [0.2, 0.25) is 0 Å². The van der Waals surface area contributed by atoms with E-state index in [4.69, 9.17) is 22.1 Å². The molecule has 0 aliphatic heterocycles. The van der Waals surface area contributed by atoms with E-state index in [0.717, 1.165) is 27.8 Å². The van der Waals surface area contributed by atoms with Gasteiger partial charge < -0.3 is 20.8 Å². The Bertz CT molecular complexity index is 1090. The van der Waals surface area contributed by atoms with Gasteiger partial charge in [0.05, 0.1) is 16.8 Å². The van der Waals surface area contributed by atoms with E-state index < -0.39 is 5.60 Å². The Morgan fingerprint density at radius 1 is 1.17 bits per heavy atom. The molecule has 158 valence electrons. The van der Waals surface area contributed by atoms with Gasteiger partial charge >= 0.3 is 5.97 Å². The highest BCUT2D eigenvalue weighted by molar-refractivity contribution is 6.32. The number of aromatic nitrogens is 1. The number of carbonyl (C=O) groups excluding carboxylic acids is 1. The fourth-order valence-corrected chi connectivity index (χ4v) is 4.26. The maximum Gasteiger partial charge on any atom is 0.338 e. The van der Waals surface area contributed by atoms with Crippen LogP contribution in [0, 0.1) is 0 Å². The number of nitrogens with two attached hydrogens (primary N) is 1. The van der Waals surface area contributed by atoms with Gasteiger partial charge in [0.1, 0.15) is 5.60 Å². The first kappa shape index (κ1) is 20.6. The third-order valence-electron chi connectivity index (χ3n) is 5.38. The van der Waals surface area contributed by atoms with Crippen LogP contribution in [0.1, 0.15) is 56.8 Å². The summed E-state index contributed by atoms with van der Waals surface area (Å²) in [6.07, 6.45) is 4.89. The summed E-state index contributed by atoms with van der Waals surface area (Å²) in [5.74, 6) is -0.382. The SMILES string of the molecule is CC(C)(C)OC(=O)c1ccc(-c2cc3cc(Cl)cc(NC4CCCC4)c3[nH]2)c(N)c1. The summed E-state index contributed by atoms with van der Waals surface area (Å²) in [6, 6.07) is 11.7. The molecular weight excluding hydrogens is 398 g/mol. The third-order valence-corrected chi connectivity index (χ3v) is 5.60.